The van der Waals surface area contributed by atoms with E-state index in [-0.39, 0.29) is 5.91 Å². The summed E-state index contributed by atoms with van der Waals surface area (Å²) in [5, 5.41) is 2.60. The third-order valence-electron chi connectivity index (χ3n) is 3.43. The van der Waals surface area contributed by atoms with Crippen LogP contribution in [0.4, 0.5) is 0 Å². The summed E-state index contributed by atoms with van der Waals surface area (Å²) in [6.07, 6.45) is 1.40. The number of carbonyl (C=O) groups is 1. The molecule has 1 aromatic heterocycles. The van der Waals surface area contributed by atoms with Crippen LogP contribution in [-0.4, -0.2) is 25.0 Å². The third kappa shape index (κ3) is 2.81. The Kier molecular flexibility index (Phi) is 4.10. The summed E-state index contributed by atoms with van der Waals surface area (Å²) >= 11 is 0. The Morgan fingerprint density at radius 2 is 1.96 bits per heavy atom. The molecule has 0 unspecified atom stereocenters. The summed E-state index contributed by atoms with van der Waals surface area (Å²) in [6.45, 7) is 0. The van der Waals surface area contributed by atoms with Crippen molar-refractivity contribution in [1.29, 1.82) is 0 Å². The van der Waals surface area contributed by atoms with Crippen LogP contribution in [-0.2, 0) is 9.53 Å². The lowest BCUT2D eigenvalue weighted by molar-refractivity contribution is -0.115. The SMILES string of the molecule is CNC(=O)/C(=C\OC)c1cccc2nc(-c3ccccc3)oc12. The van der Waals surface area contributed by atoms with Gasteiger partial charge < -0.3 is 14.5 Å². The Labute approximate surface area is 133 Å². The van der Waals surface area contributed by atoms with Crippen LogP contribution in [0.25, 0.3) is 28.1 Å². The number of ether oxygens (including phenoxy) is 1. The largest absolute Gasteiger partial charge is 0.504 e. The lowest BCUT2D eigenvalue weighted by Gasteiger charge is -2.06. The average Bonchev–Trinajstić information content (AvgIpc) is 3.04. The summed E-state index contributed by atoms with van der Waals surface area (Å²) < 4.78 is 11.0. The van der Waals surface area contributed by atoms with Crippen molar-refractivity contribution in [3.05, 3.63) is 60.4 Å². The number of amides is 1. The van der Waals surface area contributed by atoms with Gasteiger partial charge in [0.1, 0.15) is 5.52 Å². The van der Waals surface area contributed by atoms with Gasteiger partial charge in [0, 0.05) is 18.2 Å². The smallest absolute Gasteiger partial charge is 0.254 e. The van der Waals surface area contributed by atoms with Crippen LogP contribution in [0, 0.1) is 0 Å². The van der Waals surface area contributed by atoms with E-state index in [1.165, 1.54) is 13.4 Å². The lowest BCUT2D eigenvalue weighted by atomic mass is 10.1. The van der Waals surface area contributed by atoms with Gasteiger partial charge >= 0.3 is 0 Å². The van der Waals surface area contributed by atoms with E-state index in [1.807, 2.05) is 48.5 Å². The zero-order chi connectivity index (χ0) is 16.2. The third-order valence-corrected chi connectivity index (χ3v) is 3.43. The molecule has 0 aliphatic rings. The van der Waals surface area contributed by atoms with Gasteiger partial charge in [-0.05, 0) is 18.2 Å². The number of carbonyl (C=O) groups excluding carboxylic acids is 1. The zero-order valence-electron chi connectivity index (χ0n) is 12.9. The summed E-state index contributed by atoms with van der Waals surface area (Å²) in [5.74, 6) is 0.263. The minimum Gasteiger partial charge on any atom is -0.504 e. The van der Waals surface area contributed by atoms with Gasteiger partial charge in [0.15, 0.2) is 5.58 Å². The van der Waals surface area contributed by atoms with E-state index in [9.17, 15) is 4.79 Å². The van der Waals surface area contributed by atoms with Crippen LogP contribution < -0.4 is 5.32 Å². The molecule has 0 aliphatic carbocycles. The first-order valence-corrected chi connectivity index (χ1v) is 7.15. The minimum atomic E-state index is -0.253. The van der Waals surface area contributed by atoms with Crippen molar-refractivity contribution in [3.63, 3.8) is 0 Å². The van der Waals surface area contributed by atoms with Crippen LogP contribution in [0.2, 0.25) is 0 Å². The molecule has 3 rings (SSSR count). The molecule has 0 fully saturated rings. The van der Waals surface area contributed by atoms with Gasteiger partial charge in [0.2, 0.25) is 5.89 Å². The van der Waals surface area contributed by atoms with Gasteiger partial charge in [-0.2, -0.15) is 0 Å². The van der Waals surface area contributed by atoms with Crippen LogP contribution in [0.3, 0.4) is 0 Å². The molecule has 0 spiro atoms. The molecule has 1 amide bonds. The number of methoxy groups -OCH3 is 1. The van der Waals surface area contributed by atoms with E-state index in [2.05, 4.69) is 10.3 Å². The molecular weight excluding hydrogens is 292 g/mol. The van der Waals surface area contributed by atoms with Crippen molar-refractivity contribution in [2.24, 2.45) is 0 Å². The molecule has 0 bridgehead atoms. The molecule has 116 valence electrons. The first-order valence-electron chi connectivity index (χ1n) is 7.15. The van der Waals surface area contributed by atoms with Gasteiger partial charge in [-0.3, -0.25) is 4.79 Å². The van der Waals surface area contributed by atoms with Gasteiger partial charge in [-0.1, -0.05) is 30.3 Å². The second-order valence-corrected chi connectivity index (χ2v) is 4.89. The monoisotopic (exact) mass is 308 g/mol. The summed E-state index contributed by atoms with van der Waals surface area (Å²) in [7, 11) is 3.07. The number of nitrogens with zero attached hydrogens (tertiary/aromatic N) is 1. The topological polar surface area (TPSA) is 64.4 Å². The Morgan fingerprint density at radius 3 is 2.65 bits per heavy atom. The minimum absolute atomic E-state index is 0.253. The molecular formula is C18H16N2O3. The molecule has 0 saturated heterocycles. The molecule has 3 aromatic rings. The van der Waals surface area contributed by atoms with Crippen LogP contribution in [0.15, 0.2) is 59.2 Å². The highest BCUT2D eigenvalue weighted by molar-refractivity contribution is 6.21. The second kappa shape index (κ2) is 6.36. The van der Waals surface area contributed by atoms with Crippen LogP contribution in [0.1, 0.15) is 5.56 Å². The highest BCUT2D eigenvalue weighted by Gasteiger charge is 2.18. The number of rotatable bonds is 4. The number of fused-ring (bicyclic) bond motifs is 1. The average molecular weight is 308 g/mol. The number of nitrogens with one attached hydrogen (secondary N) is 1. The van der Waals surface area contributed by atoms with Crippen molar-refractivity contribution in [1.82, 2.24) is 10.3 Å². The summed E-state index contributed by atoms with van der Waals surface area (Å²) in [5.41, 5.74) is 3.15. The molecule has 0 atom stereocenters. The van der Waals surface area contributed by atoms with Crippen molar-refractivity contribution >= 4 is 22.6 Å². The van der Waals surface area contributed by atoms with Crippen LogP contribution >= 0.6 is 0 Å². The Hall–Kier alpha value is -3.08. The van der Waals surface area contributed by atoms with Crippen molar-refractivity contribution in [2.45, 2.75) is 0 Å². The molecule has 1 heterocycles. The van der Waals surface area contributed by atoms with Crippen molar-refractivity contribution < 1.29 is 13.9 Å². The Bertz CT molecular complexity index is 866. The fraction of sp³-hybridized carbons (Fsp3) is 0.111. The Balaban J connectivity index is 2.17. The van der Waals surface area contributed by atoms with Crippen molar-refractivity contribution in [3.8, 4) is 11.5 Å². The Morgan fingerprint density at radius 1 is 1.17 bits per heavy atom. The predicted octanol–water partition coefficient (Wildman–Crippen LogP) is 3.23. The van der Waals surface area contributed by atoms with E-state index in [4.69, 9.17) is 9.15 Å². The number of aromatic nitrogens is 1. The maximum Gasteiger partial charge on any atom is 0.254 e. The number of likely N-dealkylation sites (N-methyl/N-ethyl adjacent to an activating group) is 1. The second-order valence-electron chi connectivity index (χ2n) is 4.89. The standard InChI is InChI=1S/C18H16N2O3/c1-19-17(21)14(11-22-2)13-9-6-10-15-16(13)23-18(20-15)12-7-4-3-5-8-12/h3-11H,1-2H3,(H,19,21)/b14-11-. The fourth-order valence-electron chi connectivity index (χ4n) is 2.36. The zero-order valence-corrected chi connectivity index (χ0v) is 12.9. The maximum absolute atomic E-state index is 12.1. The normalized spacial score (nSPS) is 11.5. The molecule has 5 heteroatoms. The summed E-state index contributed by atoms with van der Waals surface area (Å²) in [6, 6.07) is 15.1. The first-order chi connectivity index (χ1) is 11.2. The molecule has 0 radical (unpaired) electrons. The maximum atomic E-state index is 12.1. The highest BCUT2D eigenvalue weighted by Crippen LogP contribution is 2.30. The van der Waals surface area contributed by atoms with E-state index in [0.717, 1.165) is 5.56 Å². The number of benzene rings is 2. The van der Waals surface area contributed by atoms with E-state index in [0.29, 0.717) is 28.1 Å². The molecule has 0 aliphatic heterocycles. The van der Waals surface area contributed by atoms with Gasteiger partial charge in [0.05, 0.1) is 18.9 Å². The number of hydrogen-bond acceptors (Lipinski definition) is 4. The molecule has 5 nitrogen and oxygen atoms in total. The number of para-hydroxylation sites is 1. The van der Waals surface area contributed by atoms with E-state index < -0.39 is 0 Å². The molecule has 1 N–H and O–H groups in total. The summed E-state index contributed by atoms with van der Waals surface area (Å²) in [4.78, 5) is 16.6. The molecule has 2 aromatic carbocycles. The van der Waals surface area contributed by atoms with Gasteiger partial charge in [-0.25, -0.2) is 4.98 Å². The van der Waals surface area contributed by atoms with Gasteiger partial charge in [0.25, 0.3) is 5.91 Å². The highest BCUT2D eigenvalue weighted by atomic mass is 16.5. The molecule has 23 heavy (non-hydrogen) atoms. The fourth-order valence-corrected chi connectivity index (χ4v) is 2.36. The van der Waals surface area contributed by atoms with Crippen molar-refractivity contribution in [2.75, 3.05) is 14.2 Å². The number of oxazole rings is 1. The quantitative estimate of drug-likeness (QED) is 0.593. The van der Waals surface area contributed by atoms with E-state index in [1.54, 1.807) is 7.05 Å². The first kappa shape index (κ1) is 14.8. The number of hydrogen-bond donors (Lipinski definition) is 1. The van der Waals surface area contributed by atoms with Gasteiger partial charge in [-0.15, -0.1) is 0 Å². The molecule has 0 saturated carbocycles. The van der Waals surface area contributed by atoms with E-state index >= 15 is 0 Å². The predicted molar refractivity (Wildman–Crippen MR) is 88.5 cm³/mol. The van der Waals surface area contributed by atoms with Crippen LogP contribution in [0.5, 0.6) is 0 Å². The lowest BCUT2D eigenvalue weighted by Crippen LogP contribution is -2.19.